The number of aromatic amines is 1. The molecule has 1 amide bonds. The molecule has 0 atom stereocenters. The molecule has 0 unspecified atom stereocenters. The first-order chi connectivity index (χ1) is 10.3. The summed E-state index contributed by atoms with van der Waals surface area (Å²) in [6.07, 6.45) is 1.83. The molecule has 3 nitrogen and oxygen atoms in total. The number of rotatable bonds is 1. The second-order valence-electron chi connectivity index (χ2n) is 5.15. The third-order valence-corrected chi connectivity index (χ3v) is 3.91. The fraction of sp³-hybridized carbons (Fsp3) is 0.0556. The maximum Gasteiger partial charge on any atom is 0.275 e. The predicted molar refractivity (Wildman–Crippen MR) is 83.2 cm³/mol. The van der Waals surface area contributed by atoms with E-state index in [1.165, 1.54) is 0 Å². The van der Waals surface area contributed by atoms with Gasteiger partial charge in [-0.15, -0.1) is 0 Å². The van der Waals surface area contributed by atoms with Gasteiger partial charge in [0.15, 0.2) is 0 Å². The van der Waals surface area contributed by atoms with E-state index < -0.39 is 0 Å². The summed E-state index contributed by atoms with van der Waals surface area (Å²) in [6.45, 7) is 0.585. The highest BCUT2D eigenvalue weighted by atomic mass is 16.2. The summed E-state index contributed by atoms with van der Waals surface area (Å²) < 4.78 is 0. The number of nitrogens with zero attached hydrogens (tertiary/aromatic N) is 1. The van der Waals surface area contributed by atoms with Crippen LogP contribution in [0.3, 0.4) is 0 Å². The topological polar surface area (TPSA) is 36.1 Å². The number of nitrogens with one attached hydrogen (secondary N) is 1. The van der Waals surface area contributed by atoms with Crippen molar-refractivity contribution >= 4 is 11.6 Å². The summed E-state index contributed by atoms with van der Waals surface area (Å²) in [5.41, 5.74) is 4.84. The van der Waals surface area contributed by atoms with Crippen LogP contribution in [0.1, 0.15) is 16.1 Å². The molecule has 1 aliphatic heterocycles. The van der Waals surface area contributed by atoms with Gasteiger partial charge in [-0.1, -0.05) is 42.5 Å². The molecule has 21 heavy (non-hydrogen) atoms. The Morgan fingerprint density at radius 3 is 2.48 bits per heavy atom. The highest BCUT2D eigenvalue weighted by Gasteiger charge is 2.27. The van der Waals surface area contributed by atoms with Crippen LogP contribution in [0.25, 0.3) is 11.1 Å². The summed E-state index contributed by atoms with van der Waals surface area (Å²) in [4.78, 5) is 17.8. The van der Waals surface area contributed by atoms with Gasteiger partial charge in [-0.05, 0) is 29.3 Å². The van der Waals surface area contributed by atoms with Gasteiger partial charge in [0.1, 0.15) is 5.69 Å². The molecule has 3 heteroatoms. The number of carbonyl (C=O) groups is 1. The van der Waals surface area contributed by atoms with Crippen LogP contribution in [0, 0.1) is 0 Å². The van der Waals surface area contributed by atoms with Crippen LogP contribution in [0.5, 0.6) is 0 Å². The Hall–Kier alpha value is -2.81. The molecule has 0 fully saturated rings. The quantitative estimate of drug-likeness (QED) is 0.719. The van der Waals surface area contributed by atoms with Gasteiger partial charge in [0.25, 0.3) is 5.91 Å². The number of aromatic nitrogens is 1. The number of fused-ring (bicyclic) bond motifs is 3. The lowest BCUT2D eigenvalue weighted by molar-refractivity contribution is 0.0982. The van der Waals surface area contributed by atoms with E-state index in [1.54, 1.807) is 0 Å². The molecule has 0 aliphatic carbocycles. The van der Waals surface area contributed by atoms with E-state index in [4.69, 9.17) is 0 Å². The lowest BCUT2D eigenvalue weighted by Gasteiger charge is -2.21. The first-order valence-electron chi connectivity index (χ1n) is 6.97. The SMILES string of the molecule is O=C1c2[nH]ccc2-c2ccccc2CN1c1ccccc1. The zero-order valence-electron chi connectivity index (χ0n) is 11.4. The first kappa shape index (κ1) is 12.0. The Labute approximate surface area is 122 Å². The van der Waals surface area contributed by atoms with Gasteiger partial charge in [-0.2, -0.15) is 0 Å². The van der Waals surface area contributed by atoms with Gasteiger partial charge in [0.2, 0.25) is 0 Å². The molecule has 1 aromatic heterocycles. The van der Waals surface area contributed by atoms with E-state index in [2.05, 4.69) is 17.1 Å². The van der Waals surface area contributed by atoms with Crippen LogP contribution >= 0.6 is 0 Å². The Morgan fingerprint density at radius 1 is 0.857 bits per heavy atom. The molecule has 0 saturated carbocycles. The number of hydrogen-bond donors (Lipinski definition) is 1. The van der Waals surface area contributed by atoms with Gasteiger partial charge < -0.3 is 9.88 Å². The zero-order valence-corrected chi connectivity index (χ0v) is 11.4. The second kappa shape index (κ2) is 4.63. The lowest BCUT2D eigenvalue weighted by Crippen LogP contribution is -2.29. The Bertz CT molecular complexity index is 805. The fourth-order valence-corrected chi connectivity index (χ4v) is 2.89. The second-order valence-corrected chi connectivity index (χ2v) is 5.15. The summed E-state index contributed by atoms with van der Waals surface area (Å²) in [7, 11) is 0. The van der Waals surface area contributed by atoms with Gasteiger partial charge in [-0.3, -0.25) is 4.79 Å². The molecular formula is C18H14N2O. The number of hydrogen-bond acceptors (Lipinski definition) is 1. The minimum absolute atomic E-state index is 0.0115. The maximum atomic E-state index is 12.9. The third-order valence-electron chi connectivity index (χ3n) is 3.91. The molecule has 1 aliphatic rings. The average Bonchev–Trinajstić information content (AvgIpc) is 2.98. The number of anilines is 1. The molecule has 0 bridgehead atoms. The molecule has 0 spiro atoms. The molecule has 2 heterocycles. The summed E-state index contributed by atoms with van der Waals surface area (Å²) in [6, 6.07) is 20.0. The molecule has 0 saturated heterocycles. The smallest absolute Gasteiger partial charge is 0.275 e. The van der Waals surface area contributed by atoms with Gasteiger partial charge in [0, 0.05) is 17.4 Å². The third kappa shape index (κ3) is 1.86. The minimum Gasteiger partial charge on any atom is -0.357 e. The molecule has 2 aromatic carbocycles. The van der Waals surface area contributed by atoms with Crippen LogP contribution in [0.4, 0.5) is 5.69 Å². The lowest BCUT2D eigenvalue weighted by atomic mass is 10.0. The van der Waals surface area contributed by atoms with Crippen molar-refractivity contribution in [1.82, 2.24) is 4.98 Å². The average molecular weight is 274 g/mol. The van der Waals surface area contributed by atoms with E-state index in [0.717, 1.165) is 22.4 Å². The predicted octanol–water partition coefficient (Wildman–Crippen LogP) is 3.84. The van der Waals surface area contributed by atoms with Crippen LogP contribution in [-0.2, 0) is 6.54 Å². The van der Waals surface area contributed by atoms with E-state index in [1.807, 2.05) is 59.6 Å². The van der Waals surface area contributed by atoms with Crippen molar-refractivity contribution in [3.05, 3.63) is 78.1 Å². The van der Waals surface area contributed by atoms with Crippen LogP contribution in [0.2, 0.25) is 0 Å². The van der Waals surface area contributed by atoms with Gasteiger partial charge >= 0.3 is 0 Å². The highest BCUT2D eigenvalue weighted by Crippen LogP contribution is 2.33. The highest BCUT2D eigenvalue weighted by molar-refractivity contribution is 6.10. The Kier molecular flexibility index (Phi) is 2.64. The van der Waals surface area contributed by atoms with Crippen molar-refractivity contribution in [2.75, 3.05) is 4.90 Å². The van der Waals surface area contributed by atoms with Crippen molar-refractivity contribution in [1.29, 1.82) is 0 Å². The van der Waals surface area contributed by atoms with E-state index in [0.29, 0.717) is 12.2 Å². The molecule has 1 N–H and O–H groups in total. The molecule has 4 rings (SSSR count). The molecule has 0 radical (unpaired) electrons. The van der Waals surface area contributed by atoms with Gasteiger partial charge in [-0.25, -0.2) is 0 Å². The number of carbonyl (C=O) groups excluding carboxylic acids is 1. The normalized spacial score (nSPS) is 13.5. The first-order valence-corrected chi connectivity index (χ1v) is 6.97. The fourth-order valence-electron chi connectivity index (χ4n) is 2.89. The summed E-state index contributed by atoms with van der Waals surface area (Å²) in [5.74, 6) is 0.0115. The molecular weight excluding hydrogens is 260 g/mol. The summed E-state index contributed by atoms with van der Waals surface area (Å²) in [5, 5.41) is 0. The Balaban J connectivity index is 1.93. The standard InChI is InChI=1S/C18H14N2O/c21-18-17-16(10-11-19-17)15-9-5-4-6-13(15)12-20(18)14-7-2-1-3-8-14/h1-11,19H,12H2. The van der Waals surface area contributed by atoms with Crippen molar-refractivity contribution in [3.8, 4) is 11.1 Å². The molecule has 3 aromatic rings. The van der Waals surface area contributed by atoms with Gasteiger partial charge in [0.05, 0.1) is 6.54 Å². The number of amides is 1. The van der Waals surface area contributed by atoms with E-state index in [-0.39, 0.29) is 5.91 Å². The minimum atomic E-state index is 0.0115. The van der Waals surface area contributed by atoms with Crippen LogP contribution in [-0.4, -0.2) is 10.9 Å². The zero-order chi connectivity index (χ0) is 14.2. The van der Waals surface area contributed by atoms with Crippen molar-refractivity contribution < 1.29 is 4.79 Å². The number of benzene rings is 2. The number of para-hydroxylation sites is 1. The van der Waals surface area contributed by atoms with Crippen molar-refractivity contribution in [2.45, 2.75) is 6.54 Å². The van der Waals surface area contributed by atoms with E-state index >= 15 is 0 Å². The van der Waals surface area contributed by atoms with Crippen LogP contribution < -0.4 is 4.90 Å². The van der Waals surface area contributed by atoms with Crippen molar-refractivity contribution in [2.24, 2.45) is 0 Å². The number of H-pyrrole nitrogens is 1. The van der Waals surface area contributed by atoms with Crippen LogP contribution in [0.15, 0.2) is 66.9 Å². The van der Waals surface area contributed by atoms with E-state index in [9.17, 15) is 4.79 Å². The monoisotopic (exact) mass is 274 g/mol. The van der Waals surface area contributed by atoms with Crippen molar-refractivity contribution in [3.63, 3.8) is 0 Å². The Morgan fingerprint density at radius 2 is 1.62 bits per heavy atom. The molecule has 102 valence electrons. The largest absolute Gasteiger partial charge is 0.357 e. The maximum absolute atomic E-state index is 12.9. The summed E-state index contributed by atoms with van der Waals surface area (Å²) >= 11 is 0.